The number of ether oxygens (including phenoxy) is 1. The first-order valence-electron chi connectivity index (χ1n) is 6.33. The molecule has 1 aliphatic rings. The van der Waals surface area contributed by atoms with Crippen molar-refractivity contribution in [1.82, 2.24) is 10.2 Å². The van der Waals surface area contributed by atoms with E-state index in [0.717, 1.165) is 0 Å². The molecule has 1 aromatic carbocycles. The number of halogens is 1. The molecule has 0 spiro atoms. The van der Waals surface area contributed by atoms with Crippen molar-refractivity contribution in [3.63, 3.8) is 0 Å². The second-order valence-corrected chi connectivity index (χ2v) is 5.13. The van der Waals surface area contributed by atoms with E-state index in [9.17, 15) is 9.18 Å². The van der Waals surface area contributed by atoms with E-state index in [1.165, 1.54) is 7.11 Å². The molecule has 1 saturated heterocycles. The van der Waals surface area contributed by atoms with Gasteiger partial charge >= 0.3 is 0 Å². The van der Waals surface area contributed by atoms with Gasteiger partial charge in [-0.3, -0.25) is 10.1 Å². The van der Waals surface area contributed by atoms with Crippen LogP contribution in [0.1, 0.15) is 32.5 Å². The molecule has 1 heterocycles. The van der Waals surface area contributed by atoms with Gasteiger partial charge in [0.05, 0.1) is 12.6 Å². The highest BCUT2D eigenvalue weighted by atomic mass is 19.1. The number of hydrogen-bond donors (Lipinski definition) is 1. The molecule has 5 heteroatoms. The molecule has 1 aromatic rings. The number of nitrogens with zero attached hydrogens (tertiary/aromatic N) is 1. The molecule has 1 fully saturated rings. The van der Waals surface area contributed by atoms with Gasteiger partial charge in [0.1, 0.15) is 6.17 Å². The molecule has 19 heavy (non-hydrogen) atoms. The molecule has 1 aliphatic heterocycles. The Morgan fingerprint density at radius 3 is 2.74 bits per heavy atom. The van der Waals surface area contributed by atoms with Crippen molar-refractivity contribution < 1.29 is 13.9 Å². The zero-order valence-electron chi connectivity index (χ0n) is 11.7. The van der Waals surface area contributed by atoms with Crippen LogP contribution in [0, 0.1) is 5.82 Å². The van der Waals surface area contributed by atoms with E-state index < -0.39 is 17.5 Å². The Bertz CT molecular complexity index is 502. The minimum atomic E-state index is -0.684. The molecule has 4 nitrogen and oxygen atoms in total. The summed E-state index contributed by atoms with van der Waals surface area (Å²) in [5.41, 5.74) is -0.254. The first kappa shape index (κ1) is 13.8. The summed E-state index contributed by atoms with van der Waals surface area (Å²) in [6, 6.07) is 4.96. The fourth-order valence-electron chi connectivity index (χ4n) is 2.43. The lowest BCUT2D eigenvalue weighted by Crippen LogP contribution is -2.40. The zero-order valence-corrected chi connectivity index (χ0v) is 11.7. The van der Waals surface area contributed by atoms with E-state index >= 15 is 0 Å². The maximum atomic E-state index is 14.3. The highest BCUT2D eigenvalue weighted by molar-refractivity contribution is 5.88. The van der Waals surface area contributed by atoms with E-state index in [0.29, 0.717) is 12.1 Å². The lowest BCUT2D eigenvalue weighted by molar-refractivity contribution is -0.132. The zero-order chi connectivity index (χ0) is 14.2. The van der Waals surface area contributed by atoms with Gasteiger partial charge in [-0.15, -0.1) is 0 Å². The molecule has 0 aromatic heterocycles. The summed E-state index contributed by atoms with van der Waals surface area (Å²) < 4.78 is 19.3. The topological polar surface area (TPSA) is 41.6 Å². The monoisotopic (exact) mass is 266 g/mol. The van der Waals surface area contributed by atoms with Crippen LogP contribution >= 0.6 is 0 Å². The largest absolute Gasteiger partial charge is 0.494 e. The van der Waals surface area contributed by atoms with Crippen molar-refractivity contribution in [3.05, 3.63) is 29.6 Å². The third-order valence-electron chi connectivity index (χ3n) is 3.45. The normalized spacial score (nSPS) is 21.8. The fourth-order valence-corrected chi connectivity index (χ4v) is 2.43. The Morgan fingerprint density at radius 2 is 2.16 bits per heavy atom. The molecular weight excluding hydrogens is 247 g/mol. The van der Waals surface area contributed by atoms with Crippen LogP contribution in [-0.4, -0.2) is 30.0 Å². The van der Waals surface area contributed by atoms with Crippen LogP contribution in [0.25, 0.3) is 0 Å². The Hall–Kier alpha value is -1.62. The van der Waals surface area contributed by atoms with Crippen molar-refractivity contribution in [3.8, 4) is 5.75 Å². The van der Waals surface area contributed by atoms with Gasteiger partial charge in [-0.05, 0) is 26.8 Å². The van der Waals surface area contributed by atoms with Crippen molar-refractivity contribution in [2.24, 2.45) is 0 Å². The van der Waals surface area contributed by atoms with Gasteiger partial charge in [0.15, 0.2) is 11.6 Å². The molecule has 2 rings (SSSR count). The molecule has 1 amide bonds. The molecule has 1 atom stereocenters. The second kappa shape index (κ2) is 4.81. The lowest BCUT2D eigenvalue weighted by atomic mass is 10.1. The number of nitrogens with one attached hydrogen (secondary N) is 1. The van der Waals surface area contributed by atoms with Crippen molar-refractivity contribution >= 4 is 5.91 Å². The SMILES string of the molecule is CCN1C(=O)C(C)(C)NC1c1cccc(OC)c1F. The van der Waals surface area contributed by atoms with Gasteiger partial charge in [0.2, 0.25) is 5.91 Å². The summed E-state index contributed by atoms with van der Waals surface area (Å²) in [5, 5.41) is 3.17. The predicted molar refractivity (Wildman–Crippen MR) is 70.3 cm³/mol. The van der Waals surface area contributed by atoms with Gasteiger partial charge in [0.25, 0.3) is 0 Å². The fraction of sp³-hybridized carbons (Fsp3) is 0.500. The Kier molecular flexibility index (Phi) is 3.49. The van der Waals surface area contributed by atoms with Crippen LogP contribution < -0.4 is 10.1 Å². The lowest BCUT2D eigenvalue weighted by Gasteiger charge is -2.23. The summed E-state index contributed by atoms with van der Waals surface area (Å²) in [7, 11) is 1.43. The van der Waals surface area contributed by atoms with E-state index in [1.807, 2.05) is 6.92 Å². The summed E-state index contributed by atoms with van der Waals surface area (Å²) >= 11 is 0. The van der Waals surface area contributed by atoms with Crippen LogP contribution in [0.15, 0.2) is 18.2 Å². The quantitative estimate of drug-likeness (QED) is 0.910. The number of carbonyl (C=O) groups excluding carboxylic acids is 1. The highest BCUT2D eigenvalue weighted by Gasteiger charge is 2.45. The molecule has 0 saturated carbocycles. The van der Waals surface area contributed by atoms with Crippen LogP contribution in [0.2, 0.25) is 0 Å². The van der Waals surface area contributed by atoms with E-state index in [4.69, 9.17) is 4.74 Å². The summed E-state index contributed by atoms with van der Waals surface area (Å²) in [4.78, 5) is 13.9. The van der Waals surface area contributed by atoms with E-state index in [-0.39, 0.29) is 11.7 Å². The van der Waals surface area contributed by atoms with Gasteiger partial charge in [-0.25, -0.2) is 4.39 Å². The minimum Gasteiger partial charge on any atom is -0.494 e. The molecule has 0 radical (unpaired) electrons. The minimum absolute atomic E-state index is 0.0257. The number of carbonyl (C=O) groups is 1. The average Bonchev–Trinajstić information content (AvgIpc) is 2.60. The summed E-state index contributed by atoms with van der Waals surface area (Å²) in [5.74, 6) is -0.263. The predicted octanol–water partition coefficient (Wildman–Crippen LogP) is 2.06. The Morgan fingerprint density at radius 1 is 1.47 bits per heavy atom. The maximum Gasteiger partial charge on any atom is 0.243 e. The Balaban J connectivity index is 2.44. The number of hydrogen-bond acceptors (Lipinski definition) is 3. The third kappa shape index (κ3) is 2.18. The maximum absolute atomic E-state index is 14.3. The van der Waals surface area contributed by atoms with Crippen LogP contribution in [-0.2, 0) is 4.79 Å². The molecule has 1 unspecified atom stereocenters. The van der Waals surface area contributed by atoms with Gasteiger partial charge in [0, 0.05) is 12.1 Å². The molecule has 1 N–H and O–H groups in total. The third-order valence-corrected chi connectivity index (χ3v) is 3.45. The van der Waals surface area contributed by atoms with Gasteiger partial charge in [-0.2, -0.15) is 0 Å². The van der Waals surface area contributed by atoms with Crippen LogP contribution in [0.4, 0.5) is 4.39 Å². The first-order chi connectivity index (χ1) is 8.92. The number of methoxy groups -OCH3 is 1. The van der Waals surface area contributed by atoms with Crippen LogP contribution in [0.3, 0.4) is 0 Å². The molecular formula is C14H19FN2O2. The number of likely N-dealkylation sites (N-methyl/N-ethyl adjacent to an activating group) is 1. The van der Waals surface area contributed by atoms with Crippen molar-refractivity contribution in [1.29, 1.82) is 0 Å². The van der Waals surface area contributed by atoms with Crippen molar-refractivity contribution in [2.75, 3.05) is 13.7 Å². The van der Waals surface area contributed by atoms with Crippen LogP contribution in [0.5, 0.6) is 5.75 Å². The molecule has 0 aliphatic carbocycles. The van der Waals surface area contributed by atoms with Crippen molar-refractivity contribution in [2.45, 2.75) is 32.5 Å². The number of amides is 1. The van der Waals surface area contributed by atoms with Gasteiger partial charge < -0.3 is 9.64 Å². The van der Waals surface area contributed by atoms with E-state index in [1.54, 1.807) is 36.9 Å². The number of rotatable bonds is 3. The number of benzene rings is 1. The Labute approximate surface area is 112 Å². The standard InChI is InChI=1S/C14H19FN2O2/c1-5-17-12(16-14(2,3)13(17)18)9-7-6-8-10(19-4)11(9)15/h6-8,12,16H,5H2,1-4H3. The van der Waals surface area contributed by atoms with E-state index in [2.05, 4.69) is 5.32 Å². The second-order valence-electron chi connectivity index (χ2n) is 5.13. The molecule has 0 bridgehead atoms. The summed E-state index contributed by atoms with van der Waals surface area (Å²) in [6.07, 6.45) is -0.456. The van der Waals surface area contributed by atoms with Gasteiger partial charge in [-0.1, -0.05) is 12.1 Å². The average molecular weight is 266 g/mol. The first-order valence-corrected chi connectivity index (χ1v) is 6.33. The smallest absolute Gasteiger partial charge is 0.243 e. The molecule has 104 valence electrons. The summed E-state index contributed by atoms with van der Waals surface area (Å²) in [6.45, 7) is 6.01. The highest BCUT2D eigenvalue weighted by Crippen LogP contribution is 2.33.